The molecular formula is C25H33N5O2. The van der Waals surface area contributed by atoms with E-state index in [4.69, 9.17) is 9.47 Å². The van der Waals surface area contributed by atoms with Gasteiger partial charge in [-0.1, -0.05) is 13.8 Å². The lowest BCUT2D eigenvalue weighted by molar-refractivity contribution is 0.120. The van der Waals surface area contributed by atoms with Gasteiger partial charge in [-0.05, 0) is 42.8 Å². The van der Waals surface area contributed by atoms with E-state index < -0.39 is 0 Å². The number of ether oxygens (including phenoxy) is 2. The number of fused-ring (bicyclic) bond motifs is 1. The zero-order valence-electron chi connectivity index (χ0n) is 19.4. The van der Waals surface area contributed by atoms with Crippen LogP contribution in [-0.4, -0.2) is 78.0 Å². The summed E-state index contributed by atoms with van der Waals surface area (Å²) in [6.07, 6.45) is 5.12. The van der Waals surface area contributed by atoms with Crippen LogP contribution in [0, 0.1) is 0 Å². The summed E-state index contributed by atoms with van der Waals surface area (Å²) in [5.74, 6) is 1.50. The molecule has 1 saturated heterocycles. The third-order valence-corrected chi connectivity index (χ3v) is 6.25. The van der Waals surface area contributed by atoms with E-state index in [0.29, 0.717) is 13.0 Å². The molecule has 0 bridgehead atoms. The predicted octanol–water partition coefficient (Wildman–Crippen LogP) is 3.20. The molecule has 1 aliphatic heterocycles. The maximum absolute atomic E-state index is 6.21. The molecule has 1 fully saturated rings. The molecule has 4 rings (SSSR count). The van der Waals surface area contributed by atoms with Crippen molar-refractivity contribution in [2.24, 2.45) is 0 Å². The second-order valence-corrected chi connectivity index (χ2v) is 8.15. The fourth-order valence-electron chi connectivity index (χ4n) is 4.24. The highest BCUT2D eigenvalue weighted by Crippen LogP contribution is 2.35. The first-order chi connectivity index (χ1) is 15.7. The van der Waals surface area contributed by atoms with Crippen molar-refractivity contribution in [1.82, 2.24) is 25.0 Å². The summed E-state index contributed by atoms with van der Waals surface area (Å²) < 4.78 is 11.9. The smallest absolute Gasteiger partial charge is 0.161 e. The SMILES string of the molecule is CCc1nnc(Cc2ccncc2)c2cc(OC)c(OCCN3CCN(CC)CC3)cc12. The Balaban J connectivity index is 1.54. The largest absolute Gasteiger partial charge is 0.493 e. The molecule has 32 heavy (non-hydrogen) atoms. The average Bonchev–Trinajstić information content (AvgIpc) is 2.85. The van der Waals surface area contributed by atoms with E-state index >= 15 is 0 Å². The molecule has 3 aromatic rings. The van der Waals surface area contributed by atoms with Crippen molar-refractivity contribution in [2.45, 2.75) is 26.7 Å². The number of benzene rings is 1. The Morgan fingerprint density at radius 3 is 2.22 bits per heavy atom. The van der Waals surface area contributed by atoms with Crippen molar-refractivity contribution < 1.29 is 9.47 Å². The summed E-state index contributed by atoms with van der Waals surface area (Å²) in [4.78, 5) is 9.06. The minimum absolute atomic E-state index is 0.637. The van der Waals surface area contributed by atoms with Gasteiger partial charge in [-0.15, -0.1) is 0 Å². The Morgan fingerprint density at radius 1 is 0.875 bits per heavy atom. The lowest BCUT2D eigenvalue weighted by atomic mass is 10.0. The molecule has 0 saturated carbocycles. The van der Waals surface area contributed by atoms with Gasteiger partial charge >= 0.3 is 0 Å². The summed E-state index contributed by atoms with van der Waals surface area (Å²) in [7, 11) is 1.69. The lowest BCUT2D eigenvalue weighted by Crippen LogP contribution is -2.47. The van der Waals surface area contributed by atoms with E-state index in [1.807, 2.05) is 12.1 Å². The maximum atomic E-state index is 6.21. The van der Waals surface area contributed by atoms with Gasteiger partial charge in [0.2, 0.25) is 0 Å². The predicted molar refractivity (Wildman–Crippen MR) is 127 cm³/mol. The van der Waals surface area contributed by atoms with E-state index in [1.54, 1.807) is 19.5 Å². The van der Waals surface area contributed by atoms with E-state index in [-0.39, 0.29) is 0 Å². The van der Waals surface area contributed by atoms with Crippen LogP contribution in [0.5, 0.6) is 11.5 Å². The van der Waals surface area contributed by atoms with Gasteiger partial charge in [-0.2, -0.15) is 10.2 Å². The zero-order chi connectivity index (χ0) is 22.3. The van der Waals surface area contributed by atoms with Crippen molar-refractivity contribution >= 4 is 10.8 Å². The van der Waals surface area contributed by atoms with Crippen LogP contribution in [0.4, 0.5) is 0 Å². The molecule has 0 aliphatic carbocycles. The van der Waals surface area contributed by atoms with E-state index in [2.05, 4.69) is 51.0 Å². The first kappa shape index (κ1) is 22.4. The maximum Gasteiger partial charge on any atom is 0.161 e. The van der Waals surface area contributed by atoms with Gasteiger partial charge < -0.3 is 14.4 Å². The Bertz CT molecular complexity index is 1020. The van der Waals surface area contributed by atoms with Crippen LogP contribution in [0.15, 0.2) is 36.7 Å². The Morgan fingerprint density at radius 2 is 1.53 bits per heavy atom. The van der Waals surface area contributed by atoms with Gasteiger partial charge in [-0.3, -0.25) is 9.88 Å². The molecule has 0 radical (unpaired) electrons. The minimum Gasteiger partial charge on any atom is -0.493 e. The Hall–Kier alpha value is -2.77. The molecule has 0 unspecified atom stereocenters. The van der Waals surface area contributed by atoms with E-state index in [9.17, 15) is 0 Å². The van der Waals surface area contributed by atoms with Gasteiger partial charge in [0.1, 0.15) is 6.61 Å². The van der Waals surface area contributed by atoms with Gasteiger partial charge in [0.25, 0.3) is 0 Å². The summed E-state index contributed by atoms with van der Waals surface area (Å²) >= 11 is 0. The standard InChI is InChI=1S/C25H33N5O2/c1-4-22-20-18-25(32-15-14-30-12-10-29(5-2)11-13-30)24(31-3)17-21(20)23(28-27-22)16-19-6-8-26-9-7-19/h6-9,17-18H,4-5,10-16H2,1-3H3. The molecule has 7 heteroatoms. The van der Waals surface area contributed by atoms with Crippen molar-refractivity contribution in [3.05, 3.63) is 53.6 Å². The molecule has 0 spiro atoms. The number of hydrogen-bond donors (Lipinski definition) is 0. The van der Waals surface area contributed by atoms with Crippen molar-refractivity contribution in [2.75, 3.05) is 53.0 Å². The quantitative estimate of drug-likeness (QED) is 0.511. The number of pyridine rings is 1. The molecule has 0 atom stereocenters. The lowest BCUT2D eigenvalue weighted by Gasteiger charge is -2.33. The molecule has 2 aromatic heterocycles. The number of likely N-dealkylation sites (N-methyl/N-ethyl adjacent to an activating group) is 1. The summed E-state index contributed by atoms with van der Waals surface area (Å²) in [5, 5.41) is 11.2. The van der Waals surface area contributed by atoms with Crippen molar-refractivity contribution in [1.29, 1.82) is 0 Å². The molecular weight excluding hydrogens is 402 g/mol. The normalized spacial score (nSPS) is 15.2. The molecule has 0 N–H and O–H groups in total. The van der Waals surface area contributed by atoms with Gasteiger partial charge in [0.15, 0.2) is 11.5 Å². The summed E-state index contributed by atoms with van der Waals surface area (Å²) in [6.45, 7) is 11.5. The number of aromatic nitrogens is 3. The Labute approximate surface area is 190 Å². The van der Waals surface area contributed by atoms with Gasteiger partial charge in [-0.25, -0.2) is 0 Å². The summed E-state index contributed by atoms with van der Waals surface area (Å²) in [5.41, 5.74) is 3.06. The van der Waals surface area contributed by atoms with Gasteiger partial charge in [0.05, 0.1) is 18.5 Å². The molecule has 170 valence electrons. The topological polar surface area (TPSA) is 63.6 Å². The number of aryl methyl sites for hydroxylation is 1. The molecule has 3 heterocycles. The number of hydrogen-bond acceptors (Lipinski definition) is 7. The first-order valence-corrected chi connectivity index (χ1v) is 11.5. The van der Waals surface area contributed by atoms with Crippen LogP contribution < -0.4 is 9.47 Å². The van der Waals surface area contributed by atoms with Crippen LogP contribution in [0.1, 0.15) is 30.8 Å². The van der Waals surface area contributed by atoms with Crippen molar-refractivity contribution in [3.8, 4) is 11.5 Å². The number of methoxy groups -OCH3 is 1. The van der Waals surface area contributed by atoms with E-state index in [0.717, 1.165) is 84.9 Å². The molecule has 0 amide bonds. The van der Waals surface area contributed by atoms with Crippen LogP contribution in [0.25, 0.3) is 10.8 Å². The summed E-state index contributed by atoms with van der Waals surface area (Å²) in [6, 6.07) is 8.15. The number of nitrogens with zero attached hydrogens (tertiary/aromatic N) is 5. The molecule has 1 aromatic carbocycles. The third-order valence-electron chi connectivity index (χ3n) is 6.25. The fraction of sp³-hybridized carbons (Fsp3) is 0.480. The number of piperazine rings is 1. The van der Waals surface area contributed by atoms with E-state index in [1.165, 1.54) is 0 Å². The highest BCUT2D eigenvalue weighted by molar-refractivity contribution is 5.89. The zero-order valence-corrected chi connectivity index (χ0v) is 19.4. The highest BCUT2D eigenvalue weighted by Gasteiger charge is 2.17. The Kier molecular flexibility index (Phi) is 7.50. The monoisotopic (exact) mass is 435 g/mol. The first-order valence-electron chi connectivity index (χ1n) is 11.5. The second kappa shape index (κ2) is 10.7. The highest BCUT2D eigenvalue weighted by atomic mass is 16.5. The van der Waals surface area contributed by atoms with Crippen molar-refractivity contribution in [3.63, 3.8) is 0 Å². The van der Waals surface area contributed by atoms with Crippen LogP contribution >= 0.6 is 0 Å². The minimum atomic E-state index is 0.637. The third kappa shape index (κ3) is 5.16. The molecule has 7 nitrogen and oxygen atoms in total. The van der Waals surface area contributed by atoms with Crippen LogP contribution in [0.3, 0.4) is 0 Å². The molecule has 1 aliphatic rings. The van der Waals surface area contributed by atoms with Gasteiger partial charge in [0, 0.05) is 62.3 Å². The van der Waals surface area contributed by atoms with Crippen LogP contribution in [0.2, 0.25) is 0 Å². The fourth-order valence-corrected chi connectivity index (χ4v) is 4.24. The second-order valence-electron chi connectivity index (χ2n) is 8.15. The van der Waals surface area contributed by atoms with Crippen LogP contribution in [-0.2, 0) is 12.8 Å². The number of rotatable bonds is 9. The average molecular weight is 436 g/mol.